The molecule has 2 rings (SSSR count). The minimum Gasteiger partial charge on any atom is -0.480 e. The molecule has 0 aromatic carbocycles. The topological polar surface area (TPSA) is 53.4 Å². The van der Waals surface area contributed by atoms with Gasteiger partial charge < -0.3 is 5.11 Å². The van der Waals surface area contributed by atoms with Crippen LogP contribution in [-0.2, 0) is 16.8 Å². The Morgan fingerprint density at radius 3 is 2.89 bits per heavy atom. The summed E-state index contributed by atoms with van der Waals surface area (Å²) in [6, 6.07) is -0.329. The second kappa shape index (κ2) is 4.97. The zero-order valence-electron chi connectivity index (χ0n) is 11.1. The lowest BCUT2D eigenvalue weighted by atomic mass is 9.98. The van der Waals surface area contributed by atoms with Crippen molar-refractivity contribution >= 4 is 17.3 Å². The van der Waals surface area contributed by atoms with E-state index in [1.54, 1.807) is 11.3 Å². The average molecular weight is 268 g/mol. The predicted molar refractivity (Wildman–Crippen MR) is 71.9 cm³/mol. The van der Waals surface area contributed by atoms with Crippen LogP contribution < -0.4 is 0 Å². The quantitative estimate of drug-likeness (QED) is 0.915. The molecular weight excluding hydrogens is 248 g/mol. The van der Waals surface area contributed by atoms with E-state index in [-0.39, 0.29) is 11.5 Å². The first-order valence-corrected chi connectivity index (χ1v) is 7.17. The highest BCUT2D eigenvalue weighted by molar-refractivity contribution is 7.09. The summed E-state index contributed by atoms with van der Waals surface area (Å²) >= 11 is 1.66. The monoisotopic (exact) mass is 268 g/mol. The minimum atomic E-state index is -0.709. The number of rotatable bonds is 3. The average Bonchev–Trinajstić information content (AvgIpc) is 2.85. The van der Waals surface area contributed by atoms with Crippen molar-refractivity contribution in [3.63, 3.8) is 0 Å². The highest BCUT2D eigenvalue weighted by Gasteiger charge is 2.31. The summed E-state index contributed by atoms with van der Waals surface area (Å²) in [5, 5.41) is 12.3. The molecule has 4 nitrogen and oxygen atoms in total. The number of likely N-dealkylation sites (tertiary alicyclic amines) is 1. The molecule has 1 aliphatic heterocycles. The fraction of sp³-hybridized carbons (Fsp3) is 0.692. The summed E-state index contributed by atoms with van der Waals surface area (Å²) in [4.78, 5) is 17.7. The van der Waals surface area contributed by atoms with Crippen molar-refractivity contribution in [1.82, 2.24) is 9.88 Å². The van der Waals surface area contributed by atoms with Crippen molar-refractivity contribution in [2.75, 3.05) is 6.54 Å². The van der Waals surface area contributed by atoms with E-state index in [4.69, 9.17) is 5.11 Å². The highest BCUT2D eigenvalue weighted by atomic mass is 32.1. The van der Waals surface area contributed by atoms with E-state index < -0.39 is 5.97 Å². The summed E-state index contributed by atoms with van der Waals surface area (Å²) in [5.74, 6) is -0.709. The highest BCUT2D eigenvalue weighted by Crippen LogP contribution is 2.27. The maximum Gasteiger partial charge on any atom is 0.320 e. The number of hydrogen-bond donors (Lipinski definition) is 1. The van der Waals surface area contributed by atoms with Crippen molar-refractivity contribution in [3.8, 4) is 0 Å². The molecule has 0 spiro atoms. The molecule has 1 aliphatic rings. The van der Waals surface area contributed by atoms with Gasteiger partial charge in [0.25, 0.3) is 0 Å². The Hall–Kier alpha value is -0.940. The van der Waals surface area contributed by atoms with Crippen molar-refractivity contribution < 1.29 is 9.90 Å². The Labute approximate surface area is 112 Å². The van der Waals surface area contributed by atoms with E-state index in [9.17, 15) is 4.79 Å². The van der Waals surface area contributed by atoms with E-state index in [1.807, 2.05) is 4.90 Å². The van der Waals surface area contributed by atoms with Gasteiger partial charge in [0.1, 0.15) is 6.04 Å². The van der Waals surface area contributed by atoms with Gasteiger partial charge in [-0.2, -0.15) is 0 Å². The number of aromatic nitrogens is 1. The van der Waals surface area contributed by atoms with Crippen LogP contribution in [0.15, 0.2) is 5.38 Å². The van der Waals surface area contributed by atoms with Crippen LogP contribution in [0.25, 0.3) is 0 Å². The standard InChI is InChI=1S/C13H20N2O2S/c1-13(2,3)12-14-9(8-18-12)7-15-6-4-5-10(15)11(16)17/h8,10H,4-7H2,1-3H3,(H,16,17). The number of hydrogen-bond acceptors (Lipinski definition) is 4. The van der Waals surface area contributed by atoms with E-state index in [2.05, 4.69) is 31.1 Å². The number of nitrogens with zero attached hydrogens (tertiary/aromatic N) is 2. The van der Waals surface area contributed by atoms with E-state index in [0.717, 1.165) is 30.1 Å². The van der Waals surface area contributed by atoms with Crippen LogP contribution in [0, 0.1) is 0 Å². The molecule has 1 atom stereocenters. The molecule has 1 fully saturated rings. The normalized spacial score (nSPS) is 21.4. The molecule has 1 unspecified atom stereocenters. The maximum absolute atomic E-state index is 11.1. The third-order valence-corrected chi connectivity index (χ3v) is 4.52. The van der Waals surface area contributed by atoms with Crippen LogP contribution in [0.5, 0.6) is 0 Å². The molecule has 1 aromatic heterocycles. The van der Waals surface area contributed by atoms with Crippen LogP contribution >= 0.6 is 11.3 Å². The lowest BCUT2D eigenvalue weighted by Crippen LogP contribution is -2.35. The van der Waals surface area contributed by atoms with Gasteiger partial charge in [0.05, 0.1) is 10.7 Å². The third kappa shape index (κ3) is 2.90. The zero-order chi connectivity index (χ0) is 13.3. The van der Waals surface area contributed by atoms with Crippen LogP contribution in [0.4, 0.5) is 0 Å². The van der Waals surface area contributed by atoms with Gasteiger partial charge in [0.2, 0.25) is 0 Å². The number of carbonyl (C=O) groups is 1. The van der Waals surface area contributed by atoms with E-state index in [0.29, 0.717) is 6.54 Å². The van der Waals surface area contributed by atoms with Gasteiger partial charge in [-0.05, 0) is 19.4 Å². The molecule has 0 radical (unpaired) electrons. The van der Waals surface area contributed by atoms with E-state index in [1.165, 1.54) is 0 Å². The molecule has 0 bridgehead atoms. The second-order valence-corrected chi connectivity index (χ2v) is 6.72. The van der Waals surface area contributed by atoms with Gasteiger partial charge in [0, 0.05) is 17.3 Å². The van der Waals surface area contributed by atoms with Gasteiger partial charge in [0.15, 0.2) is 0 Å². The Morgan fingerprint density at radius 2 is 2.33 bits per heavy atom. The summed E-state index contributed by atoms with van der Waals surface area (Å²) < 4.78 is 0. The number of carboxylic acid groups (broad SMARTS) is 1. The Balaban J connectivity index is 2.05. The first kappa shape index (κ1) is 13.5. The third-order valence-electron chi connectivity index (χ3n) is 3.21. The molecule has 100 valence electrons. The number of carboxylic acids is 1. The Morgan fingerprint density at radius 1 is 1.61 bits per heavy atom. The van der Waals surface area contributed by atoms with Crippen molar-refractivity contribution in [1.29, 1.82) is 0 Å². The predicted octanol–water partition coefficient (Wildman–Crippen LogP) is 2.49. The molecular formula is C13H20N2O2S. The lowest BCUT2D eigenvalue weighted by Gasteiger charge is -2.19. The first-order valence-electron chi connectivity index (χ1n) is 6.29. The molecule has 1 aromatic rings. The van der Waals surface area contributed by atoms with Crippen molar-refractivity contribution in [3.05, 3.63) is 16.1 Å². The molecule has 0 amide bonds. The Kier molecular flexibility index (Phi) is 3.73. The van der Waals surface area contributed by atoms with E-state index >= 15 is 0 Å². The van der Waals surface area contributed by atoms with Crippen molar-refractivity contribution in [2.24, 2.45) is 0 Å². The molecule has 1 N–H and O–H groups in total. The van der Waals surface area contributed by atoms with Gasteiger partial charge >= 0.3 is 5.97 Å². The van der Waals surface area contributed by atoms with Crippen LogP contribution in [0.3, 0.4) is 0 Å². The Bertz CT molecular complexity index is 436. The first-order chi connectivity index (χ1) is 8.38. The van der Waals surface area contributed by atoms with Crippen LogP contribution in [-0.4, -0.2) is 33.5 Å². The fourth-order valence-corrected chi connectivity index (χ4v) is 3.13. The molecule has 0 aliphatic carbocycles. The molecule has 0 saturated carbocycles. The largest absolute Gasteiger partial charge is 0.480 e. The van der Waals surface area contributed by atoms with Gasteiger partial charge in [-0.3, -0.25) is 9.69 Å². The SMILES string of the molecule is CC(C)(C)c1nc(CN2CCCC2C(=O)O)cs1. The van der Waals surface area contributed by atoms with Gasteiger partial charge in [-0.1, -0.05) is 20.8 Å². The van der Waals surface area contributed by atoms with Gasteiger partial charge in [-0.25, -0.2) is 4.98 Å². The van der Waals surface area contributed by atoms with Crippen LogP contribution in [0.2, 0.25) is 0 Å². The number of aliphatic carboxylic acids is 1. The minimum absolute atomic E-state index is 0.0696. The second-order valence-electron chi connectivity index (χ2n) is 5.86. The van der Waals surface area contributed by atoms with Crippen molar-refractivity contribution in [2.45, 2.75) is 51.6 Å². The molecule has 2 heterocycles. The molecule has 18 heavy (non-hydrogen) atoms. The summed E-state index contributed by atoms with van der Waals surface area (Å²) in [6.45, 7) is 7.95. The summed E-state index contributed by atoms with van der Waals surface area (Å²) in [7, 11) is 0. The molecule has 5 heteroatoms. The fourth-order valence-electron chi connectivity index (χ4n) is 2.23. The molecule has 1 saturated heterocycles. The summed E-state index contributed by atoms with van der Waals surface area (Å²) in [5.41, 5.74) is 1.07. The maximum atomic E-state index is 11.1. The zero-order valence-corrected chi connectivity index (χ0v) is 12.0. The summed E-state index contributed by atoms with van der Waals surface area (Å²) in [6.07, 6.45) is 1.72. The smallest absolute Gasteiger partial charge is 0.320 e. The number of thiazole rings is 1. The van der Waals surface area contributed by atoms with Gasteiger partial charge in [-0.15, -0.1) is 11.3 Å². The van der Waals surface area contributed by atoms with Crippen LogP contribution in [0.1, 0.15) is 44.3 Å². The lowest BCUT2D eigenvalue weighted by molar-refractivity contribution is -0.142.